The van der Waals surface area contributed by atoms with Crippen molar-refractivity contribution >= 4 is 0 Å². The molecule has 0 amide bonds. The molecule has 0 aliphatic carbocycles. The molecule has 1 fully saturated rings. The Bertz CT molecular complexity index is 202. The quantitative estimate of drug-likeness (QED) is 0.792. The molecule has 0 aromatic heterocycles. The molecule has 1 aliphatic heterocycles. The minimum Gasteiger partial charge on any atom is -0.316 e. The summed E-state index contributed by atoms with van der Waals surface area (Å²) in [4.78, 5) is 5.21. The van der Waals surface area contributed by atoms with Gasteiger partial charge in [0.15, 0.2) is 0 Å². The van der Waals surface area contributed by atoms with Crippen LogP contribution in [0, 0.1) is 0 Å². The van der Waals surface area contributed by atoms with E-state index in [9.17, 15) is 0 Å². The zero-order valence-corrected chi connectivity index (χ0v) is 12.4. The van der Waals surface area contributed by atoms with Gasteiger partial charge in [-0.2, -0.15) is 0 Å². The Kier molecular flexibility index (Phi) is 5.90. The SMILES string of the molecule is CCCC(CN1CCN(C(C)(C)C)CC1)NC. The van der Waals surface area contributed by atoms with Gasteiger partial charge in [0.2, 0.25) is 0 Å². The van der Waals surface area contributed by atoms with Gasteiger partial charge in [-0.25, -0.2) is 0 Å². The van der Waals surface area contributed by atoms with Crippen molar-refractivity contribution in [3.8, 4) is 0 Å². The van der Waals surface area contributed by atoms with E-state index in [0.29, 0.717) is 11.6 Å². The Morgan fingerprint density at radius 2 is 1.71 bits per heavy atom. The summed E-state index contributed by atoms with van der Waals surface area (Å²) in [6, 6.07) is 0.668. The Morgan fingerprint density at radius 3 is 2.12 bits per heavy atom. The van der Waals surface area contributed by atoms with Crippen molar-refractivity contribution in [2.75, 3.05) is 39.8 Å². The molecule has 0 radical (unpaired) electrons. The van der Waals surface area contributed by atoms with E-state index in [4.69, 9.17) is 0 Å². The van der Waals surface area contributed by atoms with Crippen LogP contribution in [0.3, 0.4) is 0 Å². The van der Waals surface area contributed by atoms with Gasteiger partial charge in [0.1, 0.15) is 0 Å². The maximum atomic E-state index is 3.44. The van der Waals surface area contributed by atoms with Crippen LogP contribution in [0.2, 0.25) is 0 Å². The molecular formula is C14H31N3. The van der Waals surface area contributed by atoms with Crippen LogP contribution in [0.25, 0.3) is 0 Å². The largest absolute Gasteiger partial charge is 0.316 e. The van der Waals surface area contributed by atoms with Gasteiger partial charge in [0.05, 0.1) is 0 Å². The second-order valence-electron chi connectivity index (χ2n) is 6.23. The molecule has 3 nitrogen and oxygen atoms in total. The highest BCUT2D eigenvalue weighted by Crippen LogP contribution is 2.16. The van der Waals surface area contributed by atoms with Gasteiger partial charge in [-0.3, -0.25) is 9.80 Å². The van der Waals surface area contributed by atoms with E-state index in [0.717, 1.165) is 0 Å². The van der Waals surface area contributed by atoms with Crippen LogP contribution in [-0.2, 0) is 0 Å². The van der Waals surface area contributed by atoms with Crippen molar-refractivity contribution < 1.29 is 0 Å². The lowest BCUT2D eigenvalue weighted by atomic mass is 10.0. The van der Waals surface area contributed by atoms with Gasteiger partial charge < -0.3 is 5.32 Å². The van der Waals surface area contributed by atoms with E-state index >= 15 is 0 Å². The third-order valence-electron chi connectivity index (χ3n) is 3.84. The zero-order chi connectivity index (χ0) is 12.9. The minimum atomic E-state index is 0.331. The standard InChI is InChI=1S/C14H31N3/c1-6-7-13(15-5)12-16-8-10-17(11-9-16)14(2,3)4/h13,15H,6-12H2,1-5H3. The normalized spacial score (nSPS) is 21.7. The molecule has 102 valence electrons. The van der Waals surface area contributed by atoms with E-state index in [2.05, 4.69) is 49.9 Å². The Morgan fingerprint density at radius 1 is 1.12 bits per heavy atom. The van der Waals surface area contributed by atoms with E-state index < -0.39 is 0 Å². The third kappa shape index (κ3) is 4.94. The summed E-state index contributed by atoms with van der Waals surface area (Å²) in [5.41, 5.74) is 0.331. The van der Waals surface area contributed by atoms with Gasteiger partial charge in [-0.15, -0.1) is 0 Å². The van der Waals surface area contributed by atoms with Crippen molar-refractivity contribution in [1.29, 1.82) is 0 Å². The van der Waals surface area contributed by atoms with E-state index in [1.165, 1.54) is 45.6 Å². The summed E-state index contributed by atoms with van der Waals surface area (Å²) in [5, 5.41) is 3.44. The first-order chi connectivity index (χ1) is 7.97. The van der Waals surface area contributed by atoms with Crippen LogP contribution in [0.5, 0.6) is 0 Å². The fourth-order valence-electron chi connectivity index (χ4n) is 2.59. The van der Waals surface area contributed by atoms with Crippen LogP contribution < -0.4 is 5.32 Å². The Balaban J connectivity index is 2.31. The van der Waals surface area contributed by atoms with Gasteiger partial charge in [-0.1, -0.05) is 13.3 Å². The highest BCUT2D eigenvalue weighted by atomic mass is 15.3. The average Bonchev–Trinajstić information content (AvgIpc) is 2.28. The smallest absolute Gasteiger partial charge is 0.0191 e. The van der Waals surface area contributed by atoms with Crippen molar-refractivity contribution in [3.05, 3.63) is 0 Å². The summed E-state index contributed by atoms with van der Waals surface area (Å²) in [7, 11) is 2.09. The number of hydrogen-bond acceptors (Lipinski definition) is 3. The number of hydrogen-bond donors (Lipinski definition) is 1. The second-order valence-corrected chi connectivity index (χ2v) is 6.23. The fourth-order valence-corrected chi connectivity index (χ4v) is 2.59. The predicted octanol–water partition coefficient (Wildman–Crippen LogP) is 1.79. The number of rotatable bonds is 5. The van der Waals surface area contributed by atoms with Crippen LogP contribution >= 0.6 is 0 Å². The Hall–Kier alpha value is -0.120. The maximum absolute atomic E-state index is 3.44. The molecule has 0 bridgehead atoms. The molecule has 3 heteroatoms. The molecule has 1 saturated heterocycles. The minimum absolute atomic E-state index is 0.331. The lowest BCUT2D eigenvalue weighted by Gasteiger charge is -2.43. The average molecular weight is 241 g/mol. The first-order valence-corrected chi connectivity index (χ1v) is 7.12. The van der Waals surface area contributed by atoms with Crippen LogP contribution in [0.4, 0.5) is 0 Å². The fraction of sp³-hybridized carbons (Fsp3) is 1.00. The monoisotopic (exact) mass is 241 g/mol. The van der Waals surface area contributed by atoms with Gasteiger partial charge in [0, 0.05) is 44.3 Å². The predicted molar refractivity (Wildman–Crippen MR) is 75.5 cm³/mol. The maximum Gasteiger partial charge on any atom is 0.0191 e. The number of piperazine rings is 1. The van der Waals surface area contributed by atoms with E-state index in [-0.39, 0.29) is 0 Å². The van der Waals surface area contributed by atoms with Crippen molar-refractivity contribution in [2.45, 2.75) is 52.1 Å². The molecule has 0 aromatic rings. The zero-order valence-electron chi connectivity index (χ0n) is 12.4. The summed E-state index contributed by atoms with van der Waals surface area (Å²) >= 11 is 0. The van der Waals surface area contributed by atoms with Crippen LogP contribution in [0.15, 0.2) is 0 Å². The molecule has 1 unspecified atom stereocenters. The second kappa shape index (κ2) is 6.72. The van der Waals surface area contributed by atoms with E-state index in [1.807, 2.05) is 0 Å². The van der Waals surface area contributed by atoms with Crippen molar-refractivity contribution in [2.24, 2.45) is 0 Å². The van der Waals surface area contributed by atoms with Gasteiger partial charge in [0.25, 0.3) is 0 Å². The first-order valence-electron chi connectivity index (χ1n) is 7.12. The summed E-state index contributed by atoms with van der Waals surface area (Å²) in [6.45, 7) is 15.3. The highest BCUT2D eigenvalue weighted by molar-refractivity contribution is 4.83. The number of likely N-dealkylation sites (N-methyl/N-ethyl adjacent to an activating group) is 1. The van der Waals surface area contributed by atoms with Gasteiger partial charge >= 0.3 is 0 Å². The molecule has 1 rings (SSSR count). The molecule has 0 spiro atoms. The van der Waals surface area contributed by atoms with Crippen molar-refractivity contribution in [1.82, 2.24) is 15.1 Å². The first kappa shape index (κ1) is 14.9. The molecule has 0 aromatic carbocycles. The summed E-state index contributed by atoms with van der Waals surface area (Å²) < 4.78 is 0. The van der Waals surface area contributed by atoms with Crippen LogP contribution in [0.1, 0.15) is 40.5 Å². The molecule has 1 aliphatic rings. The topological polar surface area (TPSA) is 18.5 Å². The molecule has 1 N–H and O–H groups in total. The van der Waals surface area contributed by atoms with Crippen LogP contribution in [-0.4, -0.2) is 61.2 Å². The molecule has 0 saturated carbocycles. The lowest BCUT2D eigenvalue weighted by Crippen LogP contribution is -2.55. The lowest BCUT2D eigenvalue weighted by molar-refractivity contribution is 0.0580. The molecule has 1 atom stereocenters. The summed E-state index contributed by atoms with van der Waals surface area (Å²) in [6.07, 6.45) is 2.56. The highest BCUT2D eigenvalue weighted by Gasteiger charge is 2.26. The summed E-state index contributed by atoms with van der Waals surface area (Å²) in [5.74, 6) is 0. The number of nitrogens with zero attached hydrogens (tertiary/aromatic N) is 2. The Labute approximate surface area is 108 Å². The number of nitrogens with one attached hydrogen (secondary N) is 1. The van der Waals surface area contributed by atoms with Crippen molar-refractivity contribution in [3.63, 3.8) is 0 Å². The van der Waals surface area contributed by atoms with E-state index in [1.54, 1.807) is 0 Å². The molecular weight excluding hydrogens is 210 g/mol. The molecule has 17 heavy (non-hydrogen) atoms. The third-order valence-corrected chi connectivity index (χ3v) is 3.84. The molecule has 1 heterocycles. The van der Waals surface area contributed by atoms with Gasteiger partial charge in [-0.05, 0) is 34.2 Å².